The fraction of sp³-hybridized carbons (Fsp3) is 0. The van der Waals surface area contributed by atoms with Crippen molar-refractivity contribution in [2.45, 2.75) is 4.90 Å². The lowest BCUT2D eigenvalue weighted by Crippen LogP contribution is -2.06. The van der Waals surface area contributed by atoms with Crippen LogP contribution in [0.2, 0.25) is 0 Å². The Labute approximate surface area is 82.7 Å². The molecular weight excluding hydrogens is 242 g/mol. The van der Waals surface area contributed by atoms with Gasteiger partial charge in [-0.15, -0.1) is 0 Å². The molecule has 0 spiro atoms. The zero-order chi connectivity index (χ0) is 11.8. The van der Waals surface area contributed by atoms with E-state index in [4.69, 9.17) is 5.02 Å². The number of rotatable bonds is 3. The molecule has 1 aromatic carbocycles. The monoisotopic (exact) mass is 247 g/mol. The van der Waals surface area contributed by atoms with E-state index in [1.54, 1.807) is 0 Å². The molecule has 1 aromatic rings. The second kappa shape index (κ2) is 2.79. The summed E-state index contributed by atoms with van der Waals surface area (Å²) < 4.78 is 65.1. The second-order valence-electron chi connectivity index (χ2n) is 2.66. The van der Waals surface area contributed by atoms with Gasteiger partial charge in [0.05, 0.1) is 0 Å². The summed E-state index contributed by atoms with van der Waals surface area (Å²) in [6.45, 7) is 0. The Bertz CT molecular complexity index is 360. The number of hydrogen-bond acceptors (Lipinski definition) is 2. The highest BCUT2D eigenvalue weighted by Gasteiger charge is 2.65. The smallest absolute Gasteiger partial charge is 0.537 e. The second-order valence-corrected chi connectivity index (χ2v) is 5.07. The number of hydrogen-bond donors (Lipinski definition) is 1. The van der Waals surface area contributed by atoms with Crippen molar-refractivity contribution in [3.05, 3.63) is 24.3 Å². The van der Waals surface area contributed by atoms with Crippen LogP contribution in [0.15, 0.2) is 29.2 Å². The Morgan fingerprint density at radius 2 is 1.47 bits per heavy atom. The fourth-order valence-corrected chi connectivity index (χ4v) is 1.49. The molecule has 0 aliphatic carbocycles. The summed E-state index contributed by atoms with van der Waals surface area (Å²) in [5.41, 5.74) is 0. The van der Waals surface area contributed by atoms with Gasteiger partial charge >= 0.3 is 17.9 Å². The Hall–Kier alpha value is -0.955. The standard InChI is InChI=1S/C6H5BF5O2S/c8-15(9,10,11,12)6-3-1-5(2-4-6)14-7-13/h1-4,13H. The summed E-state index contributed by atoms with van der Waals surface area (Å²) in [5, 5.41) is 8.14. The largest absolute Gasteiger partial charge is 0.569 e. The first-order valence-corrected chi connectivity index (χ1v) is 5.45. The topological polar surface area (TPSA) is 29.5 Å². The Kier molecular flexibility index (Phi) is 2.25. The molecule has 1 N–H and O–H groups in total. The third kappa shape index (κ3) is 3.27. The van der Waals surface area contributed by atoms with Crippen molar-refractivity contribution in [3.63, 3.8) is 0 Å². The first-order chi connectivity index (χ1) is 6.53. The lowest BCUT2D eigenvalue weighted by atomic mass is 10.3. The van der Waals surface area contributed by atoms with Crippen molar-refractivity contribution in [1.29, 1.82) is 0 Å². The molecule has 1 rings (SSSR count). The Balaban J connectivity index is 3.11. The van der Waals surface area contributed by atoms with Gasteiger partial charge in [-0.05, 0) is 24.3 Å². The molecule has 0 heterocycles. The molecule has 0 atom stereocenters. The Morgan fingerprint density at radius 1 is 1.00 bits per heavy atom. The maximum Gasteiger partial charge on any atom is 0.569 e. The van der Waals surface area contributed by atoms with Crippen LogP contribution in [0, 0.1) is 0 Å². The zero-order valence-corrected chi connectivity index (χ0v) is 7.86. The van der Waals surface area contributed by atoms with Gasteiger partial charge in [-0.3, -0.25) is 0 Å². The summed E-state index contributed by atoms with van der Waals surface area (Å²) in [6.07, 6.45) is 0. The molecule has 0 unspecified atom stereocenters. The summed E-state index contributed by atoms with van der Waals surface area (Å²) in [5.74, 6) is -0.178. The van der Waals surface area contributed by atoms with Crippen LogP contribution >= 0.6 is 10.2 Å². The molecule has 0 saturated carbocycles. The van der Waals surface area contributed by atoms with Gasteiger partial charge in [0.2, 0.25) is 0 Å². The molecule has 0 fully saturated rings. The van der Waals surface area contributed by atoms with Crippen LogP contribution in [0.1, 0.15) is 0 Å². The lowest BCUT2D eigenvalue weighted by molar-refractivity contribution is 0.364. The van der Waals surface area contributed by atoms with E-state index in [0.29, 0.717) is 12.1 Å². The highest BCUT2D eigenvalue weighted by Crippen LogP contribution is 3.02. The van der Waals surface area contributed by atoms with Crippen molar-refractivity contribution < 1.29 is 29.1 Å². The maximum absolute atomic E-state index is 12.2. The first kappa shape index (κ1) is 12.1. The molecule has 0 saturated heterocycles. The third-order valence-electron chi connectivity index (χ3n) is 1.46. The summed E-state index contributed by atoms with van der Waals surface area (Å²) >= 11 is 0. The fourth-order valence-electron chi connectivity index (χ4n) is 0.836. The van der Waals surface area contributed by atoms with Crippen LogP contribution in [0.3, 0.4) is 0 Å². The normalized spacial score (nSPS) is 16.4. The molecule has 0 aliphatic heterocycles. The quantitative estimate of drug-likeness (QED) is 0.656. The van der Waals surface area contributed by atoms with E-state index in [2.05, 4.69) is 4.65 Å². The molecule has 2 nitrogen and oxygen atoms in total. The minimum Gasteiger partial charge on any atom is -0.537 e. The number of benzene rings is 1. The van der Waals surface area contributed by atoms with E-state index in [1.807, 2.05) is 0 Å². The molecule has 0 aromatic heterocycles. The third-order valence-corrected chi connectivity index (χ3v) is 2.62. The molecule has 0 bridgehead atoms. The van der Waals surface area contributed by atoms with Crippen LogP contribution in [0.5, 0.6) is 5.75 Å². The van der Waals surface area contributed by atoms with Crippen molar-refractivity contribution in [2.75, 3.05) is 0 Å². The maximum atomic E-state index is 12.2. The van der Waals surface area contributed by atoms with Crippen LogP contribution in [0.4, 0.5) is 19.4 Å². The van der Waals surface area contributed by atoms with Gasteiger partial charge in [0.25, 0.3) is 0 Å². The van der Waals surface area contributed by atoms with Crippen LogP contribution in [-0.2, 0) is 0 Å². The van der Waals surface area contributed by atoms with Gasteiger partial charge in [0.1, 0.15) is 10.6 Å². The summed E-state index contributed by atoms with van der Waals surface area (Å²) in [6, 6.07) is 1.75. The summed E-state index contributed by atoms with van der Waals surface area (Å²) in [7, 11) is -9.38. The van der Waals surface area contributed by atoms with E-state index in [9.17, 15) is 19.4 Å². The van der Waals surface area contributed by atoms with E-state index in [0.717, 1.165) is 0 Å². The minimum atomic E-state index is -9.61. The van der Waals surface area contributed by atoms with Gasteiger partial charge in [0, 0.05) is 0 Å². The molecule has 0 amide bonds. The molecule has 85 valence electrons. The van der Waals surface area contributed by atoms with Crippen LogP contribution in [0.25, 0.3) is 0 Å². The zero-order valence-electron chi connectivity index (χ0n) is 7.04. The van der Waals surface area contributed by atoms with Gasteiger partial charge in [-0.2, -0.15) is 0 Å². The Morgan fingerprint density at radius 3 is 1.80 bits per heavy atom. The lowest BCUT2D eigenvalue weighted by Gasteiger charge is -2.40. The predicted molar refractivity (Wildman–Crippen MR) is 46.4 cm³/mol. The van der Waals surface area contributed by atoms with Crippen LogP contribution < -0.4 is 4.65 Å². The number of halogens is 5. The van der Waals surface area contributed by atoms with Crippen molar-refractivity contribution in [1.82, 2.24) is 0 Å². The highest BCUT2D eigenvalue weighted by molar-refractivity contribution is 8.45. The van der Waals surface area contributed by atoms with Gasteiger partial charge in [0.15, 0.2) is 0 Å². The van der Waals surface area contributed by atoms with E-state index in [-0.39, 0.29) is 25.6 Å². The van der Waals surface area contributed by atoms with E-state index < -0.39 is 15.1 Å². The molecule has 1 radical (unpaired) electrons. The minimum absolute atomic E-state index is 0.178. The molecule has 15 heavy (non-hydrogen) atoms. The predicted octanol–water partition coefficient (Wildman–Crippen LogP) is 3.25. The van der Waals surface area contributed by atoms with Crippen molar-refractivity contribution in [3.8, 4) is 5.75 Å². The van der Waals surface area contributed by atoms with Crippen molar-refractivity contribution >= 4 is 17.9 Å². The summed E-state index contributed by atoms with van der Waals surface area (Å²) in [4.78, 5) is -2.00. The van der Waals surface area contributed by atoms with Gasteiger partial charge < -0.3 is 9.68 Å². The van der Waals surface area contributed by atoms with E-state index >= 15 is 0 Å². The first-order valence-electron chi connectivity index (χ1n) is 3.50. The SMILES string of the molecule is O[B]Oc1ccc(S(F)(F)(F)(F)F)cc1. The average Bonchev–Trinajstić information content (AvgIpc) is 2.01. The molecule has 9 heteroatoms. The van der Waals surface area contributed by atoms with Gasteiger partial charge in [-0.25, -0.2) is 0 Å². The average molecular weight is 247 g/mol. The van der Waals surface area contributed by atoms with Crippen LogP contribution in [-0.4, -0.2) is 12.7 Å². The highest BCUT2D eigenvalue weighted by atomic mass is 32.5. The van der Waals surface area contributed by atoms with E-state index in [1.165, 1.54) is 0 Å². The van der Waals surface area contributed by atoms with Gasteiger partial charge in [-0.1, -0.05) is 19.4 Å². The molecular formula is C6H5BF5O2S. The molecule has 0 aliphatic rings. The van der Waals surface area contributed by atoms with Crippen molar-refractivity contribution in [2.24, 2.45) is 0 Å².